The lowest BCUT2D eigenvalue weighted by Crippen LogP contribution is -1.97. The highest BCUT2D eigenvalue weighted by molar-refractivity contribution is 5.85. The second kappa shape index (κ2) is 3.10. The molecule has 0 saturated carbocycles. The van der Waals surface area contributed by atoms with E-state index in [-0.39, 0.29) is 0 Å². The van der Waals surface area contributed by atoms with Crippen molar-refractivity contribution in [1.29, 1.82) is 0 Å². The summed E-state index contributed by atoms with van der Waals surface area (Å²) in [5.41, 5.74) is 8.11. The molecule has 2 nitrogen and oxygen atoms in total. The van der Waals surface area contributed by atoms with E-state index < -0.39 is 0 Å². The van der Waals surface area contributed by atoms with E-state index in [1.807, 2.05) is 6.92 Å². The summed E-state index contributed by atoms with van der Waals surface area (Å²) >= 11 is 0. The maximum Gasteiger partial charge on any atom is 0.152 e. The first-order chi connectivity index (χ1) is 5.69. The van der Waals surface area contributed by atoms with E-state index in [0.717, 1.165) is 5.56 Å². The first-order valence-electron chi connectivity index (χ1n) is 3.51. The van der Waals surface area contributed by atoms with Crippen LogP contribution >= 0.6 is 0 Å². The van der Waals surface area contributed by atoms with Crippen molar-refractivity contribution in [2.45, 2.75) is 6.92 Å². The molecule has 1 aromatic rings. The molecule has 0 fully saturated rings. The van der Waals surface area contributed by atoms with Gasteiger partial charge in [-0.15, -0.1) is 6.42 Å². The topological polar surface area (TPSA) is 43.1 Å². The standard InChI is InChI=1S/C10H9NO/c1-3-8-4-7(2)10(11)9(5-8)6-12/h1,4-6H,11H2,2H3. The zero-order valence-corrected chi connectivity index (χ0v) is 6.79. The molecule has 0 amide bonds. The van der Waals surface area contributed by atoms with Gasteiger partial charge in [0.25, 0.3) is 0 Å². The fourth-order valence-electron chi connectivity index (χ4n) is 1.01. The maximum absolute atomic E-state index is 10.5. The Hall–Kier alpha value is -1.75. The Labute approximate surface area is 71.4 Å². The largest absolute Gasteiger partial charge is 0.398 e. The van der Waals surface area contributed by atoms with E-state index >= 15 is 0 Å². The van der Waals surface area contributed by atoms with E-state index in [4.69, 9.17) is 12.2 Å². The second-order valence-electron chi connectivity index (χ2n) is 2.56. The van der Waals surface area contributed by atoms with E-state index in [1.165, 1.54) is 0 Å². The Morgan fingerprint density at radius 2 is 2.25 bits per heavy atom. The summed E-state index contributed by atoms with van der Waals surface area (Å²) in [5.74, 6) is 2.46. The van der Waals surface area contributed by atoms with E-state index in [9.17, 15) is 4.79 Å². The van der Waals surface area contributed by atoms with Crippen LogP contribution in [-0.4, -0.2) is 6.29 Å². The maximum atomic E-state index is 10.5. The van der Waals surface area contributed by atoms with Crippen LogP contribution in [0, 0.1) is 19.3 Å². The van der Waals surface area contributed by atoms with Crippen molar-refractivity contribution >= 4 is 12.0 Å². The molecule has 1 aromatic carbocycles. The number of terminal acetylenes is 1. The normalized spacial score (nSPS) is 9.00. The molecule has 0 saturated heterocycles. The Morgan fingerprint density at radius 1 is 1.58 bits per heavy atom. The van der Waals surface area contributed by atoms with Gasteiger partial charge in [0.15, 0.2) is 6.29 Å². The van der Waals surface area contributed by atoms with Crippen LogP contribution in [0.1, 0.15) is 21.5 Å². The summed E-state index contributed by atoms with van der Waals surface area (Å²) in [6.07, 6.45) is 5.90. The number of aryl methyl sites for hydroxylation is 1. The third-order valence-corrected chi connectivity index (χ3v) is 1.71. The van der Waals surface area contributed by atoms with Gasteiger partial charge in [-0.05, 0) is 24.6 Å². The van der Waals surface area contributed by atoms with Gasteiger partial charge in [-0.2, -0.15) is 0 Å². The lowest BCUT2D eigenvalue weighted by molar-refractivity contribution is 0.112. The van der Waals surface area contributed by atoms with Crippen molar-refractivity contribution in [3.8, 4) is 12.3 Å². The zero-order valence-electron chi connectivity index (χ0n) is 6.79. The van der Waals surface area contributed by atoms with Gasteiger partial charge in [0.05, 0.1) is 0 Å². The minimum absolute atomic E-state index is 0.461. The summed E-state index contributed by atoms with van der Waals surface area (Å²) < 4.78 is 0. The molecule has 2 heteroatoms. The van der Waals surface area contributed by atoms with E-state index in [0.29, 0.717) is 23.1 Å². The molecule has 0 unspecified atom stereocenters. The third-order valence-electron chi connectivity index (χ3n) is 1.71. The van der Waals surface area contributed by atoms with Gasteiger partial charge in [0.1, 0.15) is 0 Å². The molecule has 1 rings (SSSR count). The van der Waals surface area contributed by atoms with Crippen molar-refractivity contribution in [1.82, 2.24) is 0 Å². The SMILES string of the molecule is C#Cc1cc(C)c(N)c(C=O)c1. The number of carbonyl (C=O) groups is 1. The van der Waals surface area contributed by atoms with E-state index in [2.05, 4.69) is 5.92 Å². The smallest absolute Gasteiger partial charge is 0.152 e. The molecule has 0 aliphatic rings. The lowest BCUT2D eigenvalue weighted by atomic mass is 10.1. The summed E-state index contributed by atoms with van der Waals surface area (Å²) in [5, 5.41) is 0. The molecule has 0 spiro atoms. The van der Waals surface area contributed by atoms with Crippen LogP contribution in [0.25, 0.3) is 0 Å². The molecule has 0 aliphatic carbocycles. The van der Waals surface area contributed by atoms with E-state index in [1.54, 1.807) is 12.1 Å². The molecule has 0 aromatic heterocycles. The lowest BCUT2D eigenvalue weighted by Gasteiger charge is -2.03. The molecule has 0 bridgehead atoms. The monoisotopic (exact) mass is 159 g/mol. The molecular formula is C10H9NO. The van der Waals surface area contributed by atoms with Crippen LogP contribution in [0.4, 0.5) is 5.69 Å². The van der Waals surface area contributed by atoms with Crippen LogP contribution in [-0.2, 0) is 0 Å². The van der Waals surface area contributed by atoms with Gasteiger partial charge < -0.3 is 5.73 Å². The van der Waals surface area contributed by atoms with Crippen LogP contribution in [0.15, 0.2) is 12.1 Å². The molecular weight excluding hydrogens is 150 g/mol. The molecule has 0 aliphatic heterocycles. The number of hydrogen-bond donors (Lipinski definition) is 1. The quantitative estimate of drug-likeness (QED) is 0.382. The van der Waals surface area contributed by atoms with Crippen molar-refractivity contribution in [3.63, 3.8) is 0 Å². The van der Waals surface area contributed by atoms with Gasteiger partial charge in [0.2, 0.25) is 0 Å². The number of carbonyl (C=O) groups excluding carboxylic acids is 1. The minimum Gasteiger partial charge on any atom is -0.398 e. The number of hydrogen-bond acceptors (Lipinski definition) is 2. The van der Waals surface area contributed by atoms with Crippen molar-refractivity contribution in [2.75, 3.05) is 5.73 Å². The molecule has 0 atom stereocenters. The van der Waals surface area contributed by atoms with Gasteiger partial charge in [0, 0.05) is 16.8 Å². The third kappa shape index (κ3) is 1.30. The summed E-state index contributed by atoms with van der Waals surface area (Å²) in [6.45, 7) is 1.82. The van der Waals surface area contributed by atoms with Gasteiger partial charge in [-0.3, -0.25) is 4.79 Å². The second-order valence-corrected chi connectivity index (χ2v) is 2.56. The average molecular weight is 159 g/mol. The van der Waals surface area contributed by atoms with Crippen LogP contribution in [0.2, 0.25) is 0 Å². The number of nitrogen functional groups attached to an aromatic ring is 1. The number of benzene rings is 1. The molecule has 0 radical (unpaired) electrons. The highest BCUT2D eigenvalue weighted by Crippen LogP contribution is 2.17. The van der Waals surface area contributed by atoms with Gasteiger partial charge >= 0.3 is 0 Å². The van der Waals surface area contributed by atoms with Crippen LogP contribution in [0.3, 0.4) is 0 Å². The highest BCUT2D eigenvalue weighted by atomic mass is 16.1. The van der Waals surface area contributed by atoms with Crippen molar-refractivity contribution in [2.24, 2.45) is 0 Å². The Balaban J connectivity index is 3.41. The first-order valence-corrected chi connectivity index (χ1v) is 3.51. The Morgan fingerprint density at radius 3 is 2.75 bits per heavy atom. The van der Waals surface area contributed by atoms with Crippen LogP contribution < -0.4 is 5.73 Å². The fraction of sp³-hybridized carbons (Fsp3) is 0.100. The average Bonchev–Trinajstić information content (AvgIpc) is 2.09. The first kappa shape index (κ1) is 8.35. The highest BCUT2D eigenvalue weighted by Gasteiger charge is 2.02. The minimum atomic E-state index is 0.461. The fourth-order valence-corrected chi connectivity index (χ4v) is 1.01. The van der Waals surface area contributed by atoms with Crippen molar-refractivity contribution in [3.05, 3.63) is 28.8 Å². The zero-order chi connectivity index (χ0) is 9.14. The Bertz CT molecular complexity index is 361. The number of rotatable bonds is 1. The van der Waals surface area contributed by atoms with Crippen molar-refractivity contribution < 1.29 is 4.79 Å². The van der Waals surface area contributed by atoms with Gasteiger partial charge in [-0.25, -0.2) is 0 Å². The van der Waals surface area contributed by atoms with Gasteiger partial charge in [-0.1, -0.05) is 5.92 Å². The summed E-state index contributed by atoms with van der Waals surface area (Å²) in [4.78, 5) is 10.5. The summed E-state index contributed by atoms with van der Waals surface area (Å²) in [7, 11) is 0. The molecule has 0 heterocycles. The number of aldehydes is 1. The number of anilines is 1. The molecule has 60 valence electrons. The molecule has 2 N–H and O–H groups in total. The molecule has 12 heavy (non-hydrogen) atoms. The predicted molar refractivity (Wildman–Crippen MR) is 48.9 cm³/mol. The number of nitrogens with two attached hydrogens (primary N) is 1. The van der Waals surface area contributed by atoms with Crippen LogP contribution in [0.5, 0.6) is 0 Å². The predicted octanol–water partition coefficient (Wildman–Crippen LogP) is 1.37. The summed E-state index contributed by atoms with van der Waals surface area (Å²) in [6, 6.07) is 3.39. The Kier molecular flexibility index (Phi) is 2.16.